The van der Waals surface area contributed by atoms with Gasteiger partial charge in [-0.05, 0) is 74.3 Å². The van der Waals surface area contributed by atoms with Crippen LogP contribution in [0.15, 0.2) is 68.0 Å². The number of aryl methyl sites for hydroxylation is 2. The molecule has 6 aromatic rings. The van der Waals surface area contributed by atoms with Gasteiger partial charge >= 0.3 is 0 Å². The van der Waals surface area contributed by atoms with Crippen molar-refractivity contribution in [3.8, 4) is 18.2 Å². The molecule has 0 spiro atoms. The average molecular weight is 1120 g/mol. The Hall–Kier alpha value is -5.27. The zero-order chi connectivity index (χ0) is 45.9. The number of carbonyl (C=O) groups excluding carboxylic acids is 3. The number of carbonyl (C=O) groups is 4. The third-order valence-electron chi connectivity index (χ3n) is 7.22. The zero-order valence-electron chi connectivity index (χ0n) is 34.4. The number of hydrogen-bond acceptors (Lipinski definition) is 10. The Bertz CT molecular complexity index is 2630. The van der Waals surface area contributed by atoms with Crippen LogP contribution in [0.5, 0.6) is 0 Å². The molecule has 6 rings (SSSR count). The van der Waals surface area contributed by atoms with Gasteiger partial charge in [0.25, 0.3) is 5.97 Å². The average Bonchev–Trinajstić information content (AvgIpc) is 3.77. The normalized spacial score (nSPS) is 9.11. The summed E-state index contributed by atoms with van der Waals surface area (Å²) in [6, 6.07) is 22.4. The first-order valence-corrected chi connectivity index (χ1v) is 18.9. The number of rotatable bonds is 3. The van der Waals surface area contributed by atoms with Gasteiger partial charge in [0.05, 0.1) is 29.4 Å². The van der Waals surface area contributed by atoms with Gasteiger partial charge in [-0.1, -0.05) is 53.2 Å². The Kier molecular flexibility index (Phi) is 27.6. The van der Waals surface area contributed by atoms with Gasteiger partial charge in [0, 0.05) is 83.8 Å². The molecule has 0 bridgehead atoms. The van der Waals surface area contributed by atoms with E-state index in [0.29, 0.717) is 25.6 Å². The standard InChI is InChI=1S/C9H5BrFNO.C9H6BrN3.C9H8N3O.C7H3BrFN.C4H9NO2.C2H4O2.CH3.Y/c1-5(13)8-3-7(10)2-6(4-12)9(8)11;1-5-8-3-7(10)2-6(4-11)9(8)13-12-5;1-5-6-3-2-4-7(9(10)13)8(6)12-11-5;8-6-1-2-7(9)5(3-6)4-10;1-4(6)5(2)7-3;1-2(3)4;;/h2-3H,1H3;2-3H,1H3,(H,12,13);3-4H,1H3,(H2,10,13)(H,11,12);1-3H;1-3H3;1H3,(H,3,4);1H3;/q;;-1;;;;-1;. The largest absolute Gasteiger partial charge is 0.481 e. The molecule has 0 fully saturated rings. The molecular weight excluding hydrogens is 1080 g/mol. The van der Waals surface area contributed by atoms with Crippen molar-refractivity contribution in [3.05, 3.63) is 132 Å². The van der Waals surface area contributed by atoms with Gasteiger partial charge in [0.15, 0.2) is 17.5 Å². The summed E-state index contributed by atoms with van der Waals surface area (Å²) in [4.78, 5) is 45.6. The molecule has 0 aliphatic heterocycles. The second-order valence-electron chi connectivity index (χ2n) is 11.6. The summed E-state index contributed by atoms with van der Waals surface area (Å²) < 4.78 is 27.9. The molecule has 0 saturated heterocycles. The SMILES string of the molecule is CC(=O)O.CC(=O)c1cc(Br)cc(C#N)c1F.CON(C)C(C)=O.Cc1[nH]nc2c(C#N)cc(Br)cc12.Cc1n[nH]c2c(C(N)=O)c[c-]cc12.N#Cc1cc(Br)ccc1F.[CH3-].[Y]. The van der Waals surface area contributed by atoms with E-state index in [-0.39, 0.29) is 62.7 Å². The number of halogens is 5. The van der Waals surface area contributed by atoms with Crippen molar-refractivity contribution >= 4 is 93.2 Å². The third-order valence-corrected chi connectivity index (χ3v) is 8.63. The molecule has 0 aliphatic rings. The number of nitrogens with zero attached hydrogens (tertiary/aromatic N) is 6. The van der Waals surface area contributed by atoms with E-state index in [4.69, 9.17) is 31.4 Å². The summed E-state index contributed by atoms with van der Waals surface area (Å²) in [7, 11) is 3.00. The van der Waals surface area contributed by atoms with Crippen LogP contribution in [0.4, 0.5) is 8.78 Å². The number of H-pyrrole nitrogens is 2. The number of aliphatic carboxylic acids is 1. The van der Waals surface area contributed by atoms with Gasteiger partial charge in [-0.2, -0.15) is 44.2 Å². The van der Waals surface area contributed by atoms with Crippen LogP contribution >= 0.6 is 47.8 Å². The van der Waals surface area contributed by atoms with E-state index in [1.165, 1.54) is 45.2 Å². The number of ketones is 1. The van der Waals surface area contributed by atoms with E-state index in [1.807, 2.05) is 19.9 Å². The second-order valence-corrected chi connectivity index (χ2v) is 14.3. The predicted molar refractivity (Wildman–Crippen MR) is 234 cm³/mol. The van der Waals surface area contributed by atoms with Crippen molar-refractivity contribution in [1.82, 2.24) is 25.5 Å². The predicted octanol–water partition coefficient (Wildman–Crippen LogP) is 8.96. The third kappa shape index (κ3) is 18.8. The summed E-state index contributed by atoms with van der Waals surface area (Å²) in [5, 5.41) is 49.8. The number of aromatic nitrogens is 4. The molecule has 21 heteroatoms. The Morgan fingerprint density at radius 2 is 1.35 bits per heavy atom. The number of nitrogens with one attached hydrogen (secondary N) is 2. The molecule has 1 radical (unpaired) electrons. The smallest absolute Gasteiger partial charge is 0.300 e. The maximum Gasteiger partial charge on any atom is 0.300 e. The van der Waals surface area contributed by atoms with Gasteiger partial charge in [0.2, 0.25) is 5.91 Å². The maximum absolute atomic E-state index is 13.2. The monoisotopic (exact) mass is 1120 g/mol. The molecule has 323 valence electrons. The number of aromatic amines is 2. The molecule has 5 N–H and O–H groups in total. The van der Waals surface area contributed by atoms with Crippen LogP contribution < -0.4 is 5.73 Å². The Morgan fingerprint density at radius 3 is 1.82 bits per heavy atom. The summed E-state index contributed by atoms with van der Waals surface area (Å²) in [5.41, 5.74) is 9.32. The van der Waals surface area contributed by atoms with Crippen molar-refractivity contribution in [2.24, 2.45) is 5.73 Å². The number of fused-ring (bicyclic) bond motifs is 2. The minimum atomic E-state index is -0.833. The van der Waals surface area contributed by atoms with Crippen LogP contribution in [-0.2, 0) is 47.1 Å². The molecule has 0 saturated carbocycles. The first kappa shape index (κ1) is 58.8. The number of primary amides is 1. The fourth-order valence-corrected chi connectivity index (χ4v) is 5.50. The first-order chi connectivity index (χ1) is 28.1. The van der Waals surface area contributed by atoms with Crippen molar-refractivity contribution in [1.29, 1.82) is 15.8 Å². The fraction of sp³-hybridized carbons (Fsp3) is 0.171. The first-order valence-electron chi connectivity index (χ1n) is 16.6. The Morgan fingerprint density at radius 1 is 0.823 bits per heavy atom. The van der Waals surface area contributed by atoms with Crippen molar-refractivity contribution < 1.29 is 70.6 Å². The molecule has 2 heterocycles. The van der Waals surface area contributed by atoms with Crippen LogP contribution in [0.3, 0.4) is 0 Å². The van der Waals surface area contributed by atoms with Crippen molar-refractivity contribution in [3.63, 3.8) is 0 Å². The summed E-state index contributed by atoms with van der Waals surface area (Å²) >= 11 is 9.56. The van der Waals surface area contributed by atoms with E-state index < -0.39 is 29.3 Å². The van der Waals surface area contributed by atoms with Crippen molar-refractivity contribution in [2.45, 2.75) is 34.6 Å². The van der Waals surface area contributed by atoms with E-state index in [1.54, 1.807) is 43.5 Å². The molecule has 0 aliphatic carbocycles. The minimum absolute atomic E-state index is 0. The molecule has 62 heavy (non-hydrogen) atoms. The van der Waals surface area contributed by atoms with Crippen LogP contribution in [-0.4, -0.2) is 68.3 Å². The van der Waals surface area contributed by atoms with E-state index in [0.717, 1.165) is 44.1 Å². The molecule has 0 unspecified atom stereocenters. The van der Waals surface area contributed by atoms with Gasteiger partial charge in [-0.15, -0.1) is 0 Å². The summed E-state index contributed by atoms with van der Waals surface area (Å²) in [6.45, 7) is 7.57. The van der Waals surface area contributed by atoms with Gasteiger partial charge < -0.3 is 23.4 Å². The molecule has 2 amide bonds. The van der Waals surface area contributed by atoms with Gasteiger partial charge in [-0.25, -0.2) is 13.8 Å². The van der Waals surface area contributed by atoms with Crippen LogP contribution in [0.25, 0.3) is 21.8 Å². The number of carboxylic acids is 1. The van der Waals surface area contributed by atoms with Gasteiger partial charge in [-0.3, -0.25) is 29.1 Å². The number of nitrogens with two attached hydrogens (primary N) is 1. The van der Waals surface area contributed by atoms with E-state index >= 15 is 0 Å². The zero-order valence-corrected chi connectivity index (χ0v) is 42.0. The number of amides is 2. The number of nitriles is 3. The fourth-order valence-electron chi connectivity index (χ4n) is 4.23. The Labute approximate surface area is 406 Å². The number of Topliss-reactive ketones (excluding diaryl/α,β-unsaturated/α-hetero) is 1. The van der Waals surface area contributed by atoms with Crippen molar-refractivity contribution in [2.75, 3.05) is 14.2 Å². The second kappa shape index (κ2) is 29.1. The van der Waals surface area contributed by atoms with Crippen LogP contribution in [0, 0.1) is 73.0 Å². The Balaban J connectivity index is 0. The number of carboxylic acid groups (broad SMARTS) is 1. The number of hydrogen-bond donors (Lipinski definition) is 4. The van der Waals surface area contributed by atoms with Gasteiger partial charge in [0.1, 0.15) is 29.5 Å². The molecule has 2 aromatic heterocycles. The molecule has 0 atom stereocenters. The maximum atomic E-state index is 13.2. The summed E-state index contributed by atoms with van der Waals surface area (Å²) in [5.74, 6) is -3.02. The van der Waals surface area contributed by atoms with E-state index in [9.17, 15) is 23.2 Å². The van der Waals surface area contributed by atoms with Crippen LogP contribution in [0.1, 0.15) is 69.6 Å². The molecule has 4 aromatic carbocycles. The number of hydroxylamine groups is 2. The minimum Gasteiger partial charge on any atom is -0.481 e. The topological polar surface area (TPSA) is 256 Å². The molecule has 15 nitrogen and oxygen atoms in total. The summed E-state index contributed by atoms with van der Waals surface area (Å²) in [6.07, 6.45) is 0. The van der Waals surface area contributed by atoms with Crippen LogP contribution in [0.2, 0.25) is 0 Å². The number of benzene rings is 4. The quantitative estimate of drug-likeness (QED) is 0.0739. The van der Waals surface area contributed by atoms with E-state index in [2.05, 4.69) is 85.2 Å². The molecular formula is C41H38Br3F2N9O6Y-2.